The predicted octanol–water partition coefficient (Wildman–Crippen LogP) is 3.27. The molecule has 0 aromatic heterocycles. The maximum atomic E-state index is 11.2. The van der Waals surface area contributed by atoms with Gasteiger partial charge in [-0.1, -0.05) is 44.2 Å². The van der Waals surface area contributed by atoms with E-state index < -0.39 is 0 Å². The van der Waals surface area contributed by atoms with E-state index in [0.717, 1.165) is 32.5 Å². The molecule has 0 aliphatic carbocycles. The molecule has 1 aromatic carbocycles. The lowest BCUT2D eigenvalue weighted by Crippen LogP contribution is -2.24. The minimum atomic E-state index is 0.376. The number of rotatable bonds is 8. The SMILES string of the molecule is CCC(=O)CCCN(CC)Cc1ccccc1. The van der Waals surface area contributed by atoms with E-state index in [4.69, 9.17) is 0 Å². The fraction of sp³-hybridized carbons (Fsp3) is 0.533. The average molecular weight is 233 g/mol. The van der Waals surface area contributed by atoms with Crippen molar-refractivity contribution >= 4 is 5.78 Å². The van der Waals surface area contributed by atoms with Gasteiger partial charge in [0, 0.05) is 19.4 Å². The Labute approximate surface area is 105 Å². The third kappa shape index (κ3) is 5.64. The van der Waals surface area contributed by atoms with Gasteiger partial charge in [0.15, 0.2) is 0 Å². The second-order valence-electron chi connectivity index (χ2n) is 4.35. The van der Waals surface area contributed by atoms with Crippen molar-refractivity contribution in [3.8, 4) is 0 Å². The predicted molar refractivity (Wildman–Crippen MR) is 71.9 cm³/mol. The van der Waals surface area contributed by atoms with Crippen LogP contribution < -0.4 is 0 Å². The number of benzene rings is 1. The number of hydrogen-bond acceptors (Lipinski definition) is 2. The molecule has 0 atom stereocenters. The summed E-state index contributed by atoms with van der Waals surface area (Å²) in [6.45, 7) is 7.14. The topological polar surface area (TPSA) is 20.3 Å². The molecule has 0 saturated carbocycles. The van der Waals surface area contributed by atoms with Gasteiger partial charge >= 0.3 is 0 Å². The second-order valence-corrected chi connectivity index (χ2v) is 4.35. The molecular formula is C15H23NO. The zero-order chi connectivity index (χ0) is 12.5. The lowest BCUT2D eigenvalue weighted by Gasteiger charge is -2.20. The zero-order valence-corrected chi connectivity index (χ0v) is 11.0. The molecule has 17 heavy (non-hydrogen) atoms. The second kappa shape index (κ2) is 8.02. The molecule has 1 aromatic rings. The molecule has 2 heteroatoms. The van der Waals surface area contributed by atoms with Crippen molar-refractivity contribution in [3.05, 3.63) is 35.9 Å². The van der Waals surface area contributed by atoms with Crippen LogP contribution in [0.15, 0.2) is 30.3 Å². The Balaban J connectivity index is 2.31. The first-order valence-corrected chi connectivity index (χ1v) is 6.54. The molecule has 0 spiro atoms. The summed E-state index contributed by atoms with van der Waals surface area (Å²) >= 11 is 0. The van der Waals surface area contributed by atoms with Crippen LogP contribution in [0.25, 0.3) is 0 Å². The van der Waals surface area contributed by atoms with Crippen LogP contribution in [0.1, 0.15) is 38.7 Å². The highest BCUT2D eigenvalue weighted by molar-refractivity contribution is 5.77. The molecule has 0 aliphatic heterocycles. The summed E-state index contributed by atoms with van der Waals surface area (Å²) in [4.78, 5) is 13.6. The van der Waals surface area contributed by atoms with Crippen molar-refractivity contribution in [2.75, 3.05) is 13.1 Å². The van der Waals surface area contributed by atoms with Crippen molar-refractivity contribution < 1.29 is 4.79 Å². The lowest BCUT2D eigenvalue weighted by atomic mass is 10.1. The maximum Gasteiger partial charge on any atom is 0.132 e. The maximum absolute atomic E-state index is 11.2. The first-order valence-electron chi connectivity index (χ1n) is 6.54. The molecule has 0 unspecified atom stereocenters. The molecule has 1 rings (SSSR count). The largest absolute Gasteiger partial charge is 0.300 e. The van der Waals surface area contributed by atoms with Gasteiger partial charge in [-0.2, -0.15) is 0 Å². The fourth-order valence-corrected chi connectivity index (χ4v) is 1.87. The summed E-state index contributed by atoms with van der Waals surface area (Å²) in [7, 11) is 0. The van der Waals surface area contributed by atoms with E-state index >= 15 is 0 Å². The van der Waals surface area contributed by atoms with E-state index in [1.807, 2.05) is 13.0 Å². The van der Waals surface area contributed by atoms with Crippen LogP contribution in [-0.2, 0) is 11.3 Å². The van der Waals surface area contributed by atoms with Crippen LogP contribution in [0, 0.1) is 0 Å². The highest BCUT2D eigenvalue weighted by Crippen LogP contribution is 2.06. The number of ketones is 1. The molecule has 0 heterocycles. The Morgan fingerprint density at radius 1 is 1.18 bits per heavy atom. The summed E-state index contributed by atoms with van der Waals surface area (Å²) in [5.41, 5.74) is 1.34. The average Bonchev–Trinajstić information content (AvgIpc) is 2.38. The van der Waals surface area contributed by atoms with Crippen LogP contribution in [0.2, 0.25) is 0 Å². The van der Waals surface area contributed by atoms with E-state index in [0.29, 0.717) is 12.2 Å². The zero-order valence-electron chi connectivity index (χ0n) is 11.0. The first-order chi connectivity index (χ1) is 8.26. The quantitative estimate of drug-likeness (QED) is 0.687. The normalized spacial score (nSPS) is 10.8. The van der Waals surface area contributed by atoms with Gasteiger partial charge in [0.1, 0.15) is 5.78 Å². The van der Waals surface area contributed by atoms with Gasteiger partial charge in [-0.3, -0.25) is 9.69 Å². The molecule has 0 bridgehead atoms. The molecule has 2 nitrogen and oxygen atoms in total. The number of nitrogens with zero attached hydrogens (tertiary/aromatic N) is 1. The van der Waals surface area contributed by atoms with Gasteiger partial charge in [0.25, 0.3) is 0 Å². The Hall–Kier alpha value is -1.15. The molecule has 0 radical (unpaired) electrons. The standard InChI is InChI=1S/C15H23NO/c1-3-15(17)11-8-12-16(4-2)13-14-9-6-5-7-10-14/h5-7,9-10H,3-4,8,11-13H2,1-2H3. The van der Waals surface area contributed by atoms with E-state index in [1.165, 1.54) is 5.56 Å². The van der Waals surface area contributed by atoms with Crippen LogP contribution >= 0.6 is 0 Å². The highest BCUT2D eigenvalue weighted by atomic mass is 16.1. The summed E-state index contributed by atoms with van der Waals surface area (Å²) in [6, 6.07) is 10.5. The minimum Gasteiger partial charge on any atom is -0.300 e. The van der Waals surface area contributed by atoms with Gasteiger partial charge in [-0.25, -0.2) is 0 Å². The van der Waals surface area contributed by atoms with E-state index in [-0.39, 0.29) is 0 Å². The van der Waals surface area contributed by atoms with Gasteiger partial charge in [0.05, 0.1) is 0 Å². The number of carbonyl (C=O) groups is 1. The number of Topliss-reactive ketones (excluding diaryl/α,β-unsaturated/α-hetero) is 1. The van der Waals surface area contributed by atoms with Gasteiger partial charge in [0.2, 0.25) is 0 Å². The van der Waals surface area contributed by atoms with Crippen molar-refractivity contribution in [1.29, 1.82) is 0 Å². The number of hydrogen-bond donors (Lipinski definition) is 0. The third-order valence-corrected chi connectivity index (χ3v) is 3.02. The molecule has 0 saturated heterocycles. The lowest BCUT2D eigenvalue weighted by molar-refractivity contribution is -0.118. The van der Waals surface area contributed by atoms with Crippen molar-refractivity contribution in [2.45, 2.75) is 39.7 Å². The van der Waals surface area contributed by atoms with E-state index in [2.05, 4.69) is 36.1 Å². The van der Waals surface area contributed by atoms with Crippen LogP contribution in [0.5, 0.6) is 0 Å². The van der Waals surface area contributed by atoms with Crippen LogP contribution in [-0.4, -0.2) is 23.8 Å². The van der Waals surface area contributed by atoms with Crippen molar-refractivity contribution in [1.82, 2.24) is 4.90 Å². The van der Waals surface area contributed by atoms with Crippen molar-refractivity contribution in [2.24, 2.45) is 0 Å². The molecular weight excluding hydrogens is 210 g/mol. The summed E-state index contributed by atoms with van der Waals surface area (Å²) < 4.78 is 0. The van der Waals surface area contributed by atoms with Crippen LogP contribution in [0.3, 0.4) is 0 Å². The minimum absolute atomic E-state index is 0.376. The van der Waals surface area contributed by atoms with E-state index in [9.17, 15) is 4.79 Å². The first kappa shape index (κ1) is 13.9. The summed E-state index contributed by atoms with van der Waals surface area (Å²) in [5.74, 6) is 0.376. The van der Waals surface area contributed by atoms with Crippen LogP contribution in [0.4, 0.5) is 0 Å². The van der Waals surface area contributed by atoms with Gasteiger partial charge in [-0.05, 0) is 25.1 Å². The van der Waals surface area contributed by atoms with Crippen molar-refractivity contribution in [3.63, 3.8) is 0 Å². The molecule has 0 N–H and O–H groups in total. The molecule has 94 valence electrons. The number of carbonyl (C=O) groups excluding carboxylic acids is 1. The summed E-state index contributed by atoms with van der Waals surface area (Å²) in [6.07, 6.45) is 2.37. The molecule has 0 amide bonds. The Bertz CT molecular complexity index is 321. The van der Waals surface area contributed by atoms with E-state index in [1.54, 1.807) is 0 Å². The Morgan fingerprint density at radius 3 is 2.47 bits per heavy atom. The van der Waals surface area contributed by atoms with Gasteiger partial charge < -0.3 is 0 Å². The third-order valence-electron chi connectivity index (χ3n) is 3.02. The summed E-state index contributed by atoms with van der Waals surface area (Å²) in [5, 5.41) is 0. The fourth-order valence-electron chi connectivity index (χ4n) is 1.87. The molecule has 0 fully saturated rings. The molecule has 0 aliphatic rings. The Morgan fingerprint density at radius 2 is 1.88 bits per heavy atom. The Kier molecular flexibility index (Phi) is 6.56. The highest BCUT2D eigenvalue weighted by Gasteiger charge is 2.04. The van der Waals surface area contributed by atoms with Gasteiger partial charge in [-0.15, -0.1) is 0 Å². The smallest absolute Gasteiger partial charge is 0.132 e. The monoisotopic (exact) mass is 233 g/mol.